The molecule has 0 radical (unpaired) electrons. The lowest BCUT2D eigenvalue weighted by molar-refractivity contribution is -0.144. The van der Waals surface area contributed by atoms with Crippen molar-refractivity contribution in [3.63, 3.8) is 0 Å². The molecule has 0 aliphatic heterocycles. The molecule has 11 heavy (non-hydrogen) atoms. The number of carboxylic acid groups (broad SMARTS) is 1. The van der Waals surface area contributed by atoms with Crippen molar-refractivity contribution in [3.05, 3.63) is 0 Å². The van der Waals surface area contributed by atoms with Gasteiger partial charge in [-0.15, -0.1) is 0 Å². The first-order chi connectivity index (χ1) is 5.25. The molecule has 1 aliphatic carbocycles. The molecule has 2 atom stereocenters. The predicted molar refractivity (Wildman–Crippen MR) is 42.1 cm³/mol. The number of rotatable bonds is 2. The van der Waals surface area contributed by atoms with Gasteiger partial charge in [-0.3, -0.25) is 4.79 Å². The second-order valence-corrected chi connectivity index (χ2v) is 3.22. The van der Waals surface area contributed by atoms with Crippen LogP contribution in [0, 0.1) is 11.8 Å². The third-order valence-electron chi connectivity index (χ3n) is 2.53. The molecule has 0 spiro atoms. The number of aliphatic carboxylic acids is 1. The Hall–Kier alpha value is -0.570. The van der Waals surface area contributed by atoms with Crippen molar-refractivity contribution in [1.82, 2.24) is 0 Å². The molecule has 64 valence electrons. The van der Waals surface area contributed by atoms with E-state index in [0.717, 1.165) is 25.7 Å². The van der Waals surface area contributed by atoms with Crippen molar-refractivity contribution in [1.29, 1.82) is 0 Å². The van der Waals surface area contributed by atoms with Crippen molar-refractivity contribution in [2.75, 3.05) is 6.54 Å². The van der Waals surface area contributed by atoms with Crippen LogP contribution in [0.3, 0.4) is 0 Å². The molecule has 1 rings (SSSR count). The molecule has 0 aromatic heterocycles. The SMILES string of the molecule is NC[C@@H]1CCCC[C@H]1C(=O)O. The average Bonchev–Trinajstić information content (AvgIpc) is 2.04. The van der Waals surface area contributed by atoms with Gasteiger partial charge in [0.2, 0.25) is 0 Å². The predicted octanol–water partition coefficient (Wildman–Crippen LogP) is 0.836. The second-order valence-electron chi connectivity index (χ2n) is 3.22. The summed E-state index contributed by atoms with van der Waals surface area (Å²) in [7, 11) is 0. The van der Waals surface area contributed by atoms with E-state index >= 15 is 0 Å². The number of hydrogen-bond donors (Lipinski definition) is 2. The Kier molecular flexibility index (Phi) is 2.88. The van der Waals surface area contributed by atoms with Crippen LogP contribution in [0.25, 0.3) is 0 Å². The largest absolute Gasteiger partial charge is 0.481 e. The highest BCUT2D eigenvalue weighted by atomic mass is 16.4. The highest BCUT2D eigenvalue weighted by molar-refractivity contribution is 5.70. The molecule has 0 aromatic carbocycles. The summed E-state index contributed by atoms with van der Waals surface area (Å²) in [5.74, 6) is -0.616. The van der Waals surface area contributed by atoms with E-state index in [1.807, 2.05) is 0 Å². The first kappa shape index (κ1) is 8.53. The van der Waals surface area contributed by atoms with Crippen LogP contribution in [-0.2, 0) is 4.79 Å². The Morgan fingerprint density at radius 2 is 2.09 bits per heavy atom. The first-order valence-electron chi connectivity index (χ1n) is 4.18. The normalized spacial score (nSPS) is 31.7. The lowest BCUT2D eigenvalue weighted by atomic mass is 9.79. The molecule has 0 aromatic rings. The van der Waals surface area contributed by atoms with E-state index in [1.54, 1.807) is 0 Å². The minimum absolute atomic E-state index is 0.172. The Morgan fingerprint density at radius 3 is 2.55 bits per heavy atom. The molecule has 0 amide bonds. The summed E-state index contributed by atoms with van der Waals surface area (Å²) in [5, 5.41) is 8.78. The number of nitrogens with two attached hydrogens (primary N) is 1. The summed E-state index contributed by atoms with van der Waals surface area (Å²) >= 11 is 0. The molecular formula is C8H15NO2. The Labute approximate surface area is 66.6 Å². The van der Waals surface area contributed by atoms with Gasteiger partial charge in [0.15, 0.2) is 0 Å². The molecule has 1 fully saturated rings. The van der Waals surface area contributed by atoms with Crippen LogP contribution < -0.4 is 5.73 Å². The highest BCUT2D eigenvalue weighted by Crippen LogP contribution is 2.29. The zero-order valence-corrected chi connectivity index (χ0v) is 6.62. The number of carbonyl (C=O) groups is 1. The summed E-state index contributed by atoms with van der Waals surface area (Å²) < 4.78 is 0. The van der Waals surface area contributed by atoms with E-state index in [4.69, 9.17) is 10.8 Å². The van der Waals surface area contributed by atoms with E-state index in [9.17, 15) is 4.79 Å². The number of hydrogen-bond acceptors (Lipinski definition) is 2. The molecule has 3 N–H and O–H groups in total. The number of carboxylic acids is 1. The Bertz CT molecular complexity index is 147. The minimum atomic E-state index is -0.667. The van der Waals surface area contributed by atoms with E-state index in [2.05, 4.69) is 0 Å². The van der Waals surface area contributed by atoms with Crippen molar-refractivity contribution in [2.24, 2.45) is 17.6 Å². The maximum Gasteiger partial charge on any atom is 0.306 e. The summed E-state index contributed by atoms with van der Waals surface area (Å²) in [4.78, 5) is 10.7. The van der Waals surface area contributed by atoms with Crippen molar-refractivity contribution >= 4 is 5.97 Å². The first-order valence-corrected chi connectivity index (χ1v) is 4.18. The second kappa shape index (κ2) is 3.72. The van der Waals surface area contributed by atoms with Gasteiger partial charge < -0.3 is 10.8 Å². The van der Waals surface area contributed by atoms with Crippen LogP contribution in [0.15, 0.2) is 0 Å². The van der Waals surface area contributed by atoms with Crippen LogP contribution in [-0.4, -0.2) is 17.6 Å². The maximum atomic E-state index is 10.7. The van der Waals surface area contributed by atoms with Crippen LogP contribution in [0.5, 0.6) is 0 Å². The lowest BCUT2D eigenvalue weighted by Gasteiger charge is -2.26. The average molecular weight is 157 g/mol. The van der Waals surface area contributed by atoms with Crippen molar-refractivity contribution < 1.29 is 9.90 Å². The summed E-state index contributed by atoms with van der Waals surface area (Å²) in [6.07, 6.45) is 4.00. The van der Waals surface area contributed by atoms with Gasteiger partial charge in [-0.1, -0.05) is 12.8 Å². The quantitative estimate of drug-likeness (QED) is 0.624. The van der Waals surface area contributed by atoms with Crippen LogP contribution >= 0.6 is 0 Å². The third-order valence-corrected chi connectivity index (χ3v) is 2.53. The van der Waals surface area contributed by atoms with Crippen molar-refractivity contribution in [3.8, 4) is 0 Å². The van der Waals surface area contributed by atoms with Crippen LogP contribution in [0.1, 0.15) is 25.7 Å². The Balaban J connectivity index is 2.51. The lowest BCUT2D eigenvalue weighted by Crippen LogP contribution is -2.32. The molecule has 0 heterocycles. The van der Waals surface area contributed by atoms with Crippen LogP contribution in [0.4, 0.5) is 0 Å². The van der Waals surface area contributed by atoms with E-state index < -0.39 is 5.97 Å². The van der Waals surface area contributed by atoms with Gasteiger partial charge in [-0.25, -0.2) is 0 Å². The topological polar surface area (TPSA) is 63.3 Å². The molecular weight excluding hydrogens is 142 g/mol. The molecule has 3 heteroatoms. The smallest absolute Gasteiger partial charge is 0.306 e. The standard InChI is InChI=1S/C8H15NO2/c9-5-6-3-1-2-4-7(6)8(10)11/h6-7H,1-5,9H2,(H,10,11)/t6-,7+/m0/s1. The Morgan fingerprint density at radius 1 is 1.45 bits per heavy atom. The minimum Gasteiger partial charge on any atom is -0.481 e. The van der Waals surface area contributed by atoms with Gasteiger partial charge in [0.1, 0.15) is 0 Å². The van der Waals surface area contributed by atoms with Gasteiger partial charge in [0.25, 0.3) is 0 Å². The molecule has 1 saturated carbocycles. The fourth-order valence-electron chi connectivity index (χ4n) is 1.81. The monoisotopic (exact) mass is 157 g/mol. The summed E-state index contributed by atoms with van der Waals surface area (Å²) in [6.45, 7) is 0.525. The molecule has 1 aliphatic rings. The summed E-state index contributed by atoms with van der Waals surface area (Å²) in [5.41, 5.74) is 5.47. The molecule has 0 saturated heterocycles. The maximum absolute atomic E-state index is 10.7. The zero-order chi connectivity index (χ0) is 8.27. The third kappa shape index (κ3) is 1.93. The summed E-state index contributed by atoms with van der Waals surface area (Å²) in [6, 6.07) is 0. The van der Waals surface area contributed by atoms with Gasteiger partial charge in [0.05, 0.1) is 5.92 Å². The molecule has 3 nitrogen and oxygen atoms in total. The molecule has 0 bridgehead atoms. The van der Waals surface area contributed by atoms with Gasteiger partial charge in [-0.05, 0) is 25.3 Å². The van der Waals surface area contributed by atoms with E-state index in [0.29, 0.717) is 6.54 Å². The van der Waals surface area contributed by atoms with E-state index in [1.165, 1.54) is 0 Å². The zero-order valence-electron chi connectivity index (χ0n) is 6.62. The highest BCUT2D eigenvalue weighted by Gasteiger charge is 2.29. The van der Waals surface area contributed by atoms with Crippen molar-refractivity contribution in [2.45, 2.75) is 25.7 Å². The molecule has 0 unspecified atom stereocenters. The van der Waals surface area contributed by atoms with Gasteiger partial charge >= 0.3 is 5.97 Å². The van der Waals surface area contributed by atoms with Gasteiger partial charge in [0, 0.05) is 0 Å². The fourth-order valence-corrected chi connectivity index (χ4v) is 1.81. The van der Waals surface area contributed by atoms with Gasteiger partial charge in [-0.2, -0.15) is 0 Å². The van der Waals surface area contributed by atoms with E-state index in [-0.39, 0.29) is 11.8 Å². The van der Waals surface area contributed by atoms with Crippen LogP contribution in [0.2, 0.25) is 0 Å². The fraction of sp³-hybridized carbons (Fsp3) is 0.875.